The van der Waals surface area contributed by atoms with E-state index in [1.54, 1.807) is 24.3 Å². The fraction of sp³-hybridized carbons (Fsp3) is 0.0909. The fourth-order valence-corrected chi connectivity index (χ4v) is 1.58. The first-order chi connectivity index (χ1) is 8.00. The van der Waals surface area contributed by atoms with E-state index in [1.165, 1.54) is 0 Å². The van der Waals surface area contributed by atoms with Gasteiger partial charge in [0.05, 0.1) is 5.69 Å². The van der Waals surface area contributed by atoms with Crippen LogP contribution in [-0.2, 0) is 0 Å². The maximum atomic E-state index is 13.3. The second kappa shape index (κ2) is 4.18. The van der Waals surface area contributed by atoms with Crippen molar-refractivity contribution >= 4 is 11.6 Å². The second-order valence-corrected chi connectivity index (χ2v) is 3.91. The topological polar surface area (TPSA) is 54.9 Å². The smallest absolute Gasteiger partial charge is 0.295 e. The Hall–Kier alpha value is -1.88. The predicted octanol–water partition coefficient (Wildman–Crippen LogP) is 1.63. The molecular formula is C11H8ClFN2O2. The van der Waals surface area contributed by atoms with Crippen LogP contribution in [0.1, 0.15) is 5.56 Å². The number of rotatable bonds is 1. The Morgan fingerprint density at radius 1 is 1.24 bits per heavy atom. The van der Waals surface area contributed by atoms with Gasteiger partial charge in [0.25, 0.3) is 5.56 Å². The average Bonchev–Trinajstić information content (AvgIpc) is 2.29. The summed E-state index contributed by atoms with van der Waals surface area (Å²) in [5.41, 5.74) is -0.585. The van der Waals surface area contributed by atoms with Gasteiger partial charge in [-0.05, 0) is 19.1 Å². The summed E-state index contributed by atoms with van der Waals surface area (Å²) in [5.74, 6) is -1.17. The zero-order valence-corrected chi connectivity index (χ0v) is 9.58. The lowest BCUT2D eigenvalue weighted by molar-refractivity contribution is 0.584. The first-order valence-electron chi connectivity index (χ1n) is 4.78. The maximum Gasteiger partial charge on any atom is 0.334 e. The van der Waals surface area contributed by atoms with Crippen molar-refractivity contribution in [3.8, 4) is 5.69 Å². The van der Waals surface area contributed by atoms with Crippen molar-refractivity contribution in [3.05, 3.63) is 61.6 Å². The molecule has 1 aromatic heterocycles. The SMILES string of the molecule is Cc1ccc(-n2c(=O)[nH]c(Cl)c(F)c2=O)cc1. The molecule has 0 bridgehead atoms. The second-order valence-electron chi connectivity index (χ2n) is 3.53. The van der Waals surface area contributed by atoms with E-state index in [-0.39, 0.29) is 5.69 Å². The third kappa shape index (κ3) is 2.01. The number of aromatic nitrogens is 2. The molecule has 0 spiro atoms. The van der Waals surface area contributed by atoms with Gasteiger partial charge >= 0.3 is 5.69 Å². The lowest BCUT2D eigenvalue weighted by Gasteiger charge is -2.05. The molecule has 0 unspecified atom stereocenters. The molecule has 0 aliphatic carbocycles. The molecule has 4 nitrogen and oxygen atoms in total. The monoisotopic (exact) mass is 254 g/mol. The minimum atomic E-state index is -1.17. The summed E-state index contributed by atoms with van der Waals surface area (Å²) >= 11 is 5.36. The van der Waals surface area contributed by atoms with Gasteiger partial charge in [0, 0.05) is 0 Å². The van der Waals surface area contributed by atoms with Crippen LogP contribution in [0.25, 0.3) is 5.69 Å². The van der Waals surface area contributed by atoms with Crippen LogP contribution in [0.2, 0.25) is 5.15 Å². The van der Waals surface area contributed by atoms with E-state index in [0.29, 0.717) is 4.57 Å². The molecule has 6 heteroatoms. The van der Waals surface area contributed by atoms with Crippen molar-refractivity contribution in [1.29, 1.82) is 0 Å². The number of nitrogens with one attached hydrogen (secondary N) is 1. The molecule has 0 saturated carbocycles. The standard InChI is InChI=1S/C11H8ClFN2O2/c1-6-2-4-7(5-3-6)15-10(16)8(13)9(12)14-11(15)17/h2-5H,1H3,(H,14,17). The lowest BCUT2D eigenvalue weighted by atomic mass is 10.2. The van der Waals surface area contributed by atoms with E-state index >= 15 is 0 Å². The van der Waals surface area contributed by atoms with Gasteiger partial charge in [0.15, 0.2) is 5.15 Å². The van der Waals surface area contributed by atoms with E-state index in [9.17, 15) is 14.0 Å². The van der Waals surface area contributed by atoms with Gasteiger partial charge in [-0.2, -0.15) is 4.39 Å². The van der Waals surface area contributed by atoms with Crippen molar-refractivity contribution in [2.24, 2.45) is 0 Å². The van der Waals surface area contributed by atoms with E-state index in [4.69, 9.17) is 11.6 Å². The van der Waals surface area contributed by atoms with Gasteiger partial charge in [-0.25, -0.2) is 9.36 Å². The number of H-pyrrole nitrogens is 1. The molecular weight excluding hydrogens is 247 g/mol. The van der Waals surface area contributed by atoms with Crippen LogP contribution in [-0.4, -0.2) is 9.55 Å². The third-order valence-electron chi connectivity index (χ3n) is 2.30. The van der Waals surface area contributed by atoms with Gasteiger partial charge in [-0.3, -0.25) is 9.78 Å². The Kier molecular flexibility index (Phi) is 2.85. The Balaban J connectivity index is 2.77. The minimum absolute atomic E-state index is 0.289. The van der Waals surface area contributed by atoms with Crippen LogP contribution in [0.4, 0.5) is 4.39 Å². The summed E-state index contributed by atoms with van der Waals surface area (Å²) in [7, 11) is 0. The third-order valence-corrected chi connectivity index (χ3v) is 2.56. The molecule has 1 N–H and O–H groups in total. The maximum absolute atomic E-state index is 13.3. The lowest BCUT2D eigenvalue weighted by Crippen LogP contribution is -2.35. The molecule has 0 fully saturated rings. The van der Waals surface area contributed by atoms with Crippen molar-refractivity contribution in [3.63, 3.8) is 0 Å². The van der Waals surface area contributed by atoms with E-state index in [0.717, 1.165) is 5.56 Å². The Morgan fingerprint density at radius 2 is 1.82 bits per heavy atom. The Labute approximate surface area is 100 Å². The predicted molar refractivity (Wildman–Crippen MR) is 62.4 cm³/mol. The van der Waals surface area contributed by atoms with Gasteiger partial charge in [-0.15, -0.1) is 0 Å². The quantitative estimate of drug-likeness (QED) is 0.787. The van der Waals surface area contributed by atoms with Gasteiger partial charge < -0.3 is 0 Å². The highest BCUT2D eigenvalue weighted by Crippen LogP contribution is 2.07. The molecule has 0 aliphatic rings. The highest BCUT2D eigenvalue weighted by Gasteiger charge is 2.13. The summed E-state index contributed by atoms with van der Waals surface area (Å²) in [6.45, 7) is 1.86. The Bertz CT molecular complexity index is 673. The van der Waals surface area contributed by atoms with E-state index < -0.39 is 22.2 Å². The van der Waals surface area contributed by atoms with Gasteiger partial charge in [-0.1, -0.05) is 29.3 Å². The van der Waals surface area contributed by atoms with Crippen LogP contribution in [0.15, 0.2) is 33.9 Å². The van der Waals surface area contributed by atoms with Crippen LogP contribution in [0.5, 0.6) is 0 Å². The van der Waals surface area contributed by atoms with Crippen LogP contribution >= 0.6 is 11.6 Å². The largest absolute Gasteiger partial charge is 0.334 e. The molecule has 88 valence electrons. The van der Waals surface area contributed by atoms with E-state index in [2.05, 4.69) is 4.98 Å². The molecule has 0 atom stereocenters. The Morgan fingerprint density at radius 3 is 2.41 bits per heavy atom. The molecule has 2 rings (SSSR count). The molecule has 1 aromatic carbocycles. The highest BCUT2D eigenvalue weighted by molar-refractivity contribution is 6.29. The van der Waals surface area contributed by atoms with Gasteiger partial charge in [0.2, 0.25) is 5.82 Å². The first-order valence-corrected chi connectivity index (χ1v) is 5.16. The number of hydrogen-bond donors (Lipinski definition) is 1. The number of benzene rings is 1. The van der Waals surface area contributed by atoms with Crippen molar-refractivity contribution in [2.45, 2.75) is 6.92 Å². The molecule has 17 heavy (non-hydrogen) atoms. The summed E-state index contributed by atoms with van der Waals surface area (Å²) in [6, 6.07) is 6.54. The highest BCUT2D eigenvalue weighted by atomic mass is 35.5. The zero-order chi connectivity index (χ0) is 12.6. The number of nitrogens with zero attached hydrogens (tertiary/aromatic N) is 1. The first kappa shape index (κ1) is 11.6. The van der Waals surface area contributed by atoms with Crippen LogP contribution in [0, 0.1) is 12.7 Å². The summed E-state index contributed by atoms with van der Waals surface area (Å²) in [5, 5.41) is -0.580. The van der Waals surface area contributed by atoms with Crippen molar-refractivity contribution in [2.75, 3.05) is 0 Å². The summed E-state index contributed by atoms with van der Waals surface area (Å²) < 4.78 is 14.0. The molecule has 0 saturated heterocycles. The van der Waals surface area contributed by atoms with Gasteiger partial charge in [0.1, 0.15) is 0 Å². The number of aromatic amines is 1. The van der Waals surface area contributed by atoms with Crippen LogP contribution < -0.4 is 11.2 Å². The number of hydrogen-bond acceptors (Lipinski definition) is 2. The minimum Gasteiger partial charge on any atom is -0.295 e. The molecule has 1 heterocycles. The van der Waals surface area contributed by atoms with Crippen molar-refractivity contribution in [1.82, 2.24) is 9.55 Å². The average molecular weight is 255 g/mol. The molecule has 2 aromatic rings. The number of aryl methyl sites for hydroxylation is 1. The van der Waals surface area contributed by atoms with E-state index in [1.807, 2.05) is 6.92 Å². The summed E-state index contributed by atoms with van der Waals surface area (Å²) in [4.78, 5) is 25.2. The summed E-state index contributed by atoms with van der Waals surface area (Å²) in [6.07, 6.45) is 0. The molecule has 0 amide bonds. The van der Waals surface area contributed by atoms with Crippen LogP contribution in [0.3, 0.4) is 0 Å². The zero-order valence-electron chi connectivity index (χ0n) is 8.83. The number of halogens is 2. The molecule has 0 radical (unpaired) electrons. The fourth-order valence-electron chi connectivity index (χ4n) is 1.42. The van der Waals surface area contributed by atoms with Crippen molar-refractivity contribution < 1.29 is 4.39 Å². The molecule has 0 aliphatic heterocycles. The normalized spacial score (nSPS) is 10.5.